The van der Waals surface area contributed by atoms with Gasteiger partial charge < -0.3 is 5.32 Å². The number of benzene rings is 1. The third-order valence-corrected chi connectivity index (χ3v) is 6.17. The van der Waals surface area contributed by atoms with Crippen molar-refractivity contribution in [3.05, 3.63) is 66.0 Å². The van der Waals surface area contributed by atoms with Crippen LogP contribution >= 0.6 is 0 Å². The lowest BCUT2D eigenvalue weighted by Gasteiger charge is -2.40. The van der Waals surface area contributed by atoms with Gasteiger partial charge in [0.25, 0.3) is 0 Å². The average molecular weight is 506 g/mol. The zero-order valence-corrected chi connectivity index (χ0v) is 22.7. The number of hydrazine groups is 1. The Morgan fingerprint density at radius 2 is 1.67 bits per heavy atom. The molecule has 1 unspecified atom stereocenters. The molecule has 200 valence electrons. The van der Waals surface area contributed by atoms with Gasteiger partial charge in [0.1, 0.15) is 11.9 Å². The Kier molecular flexibility index (Phi) is 9.63. The number of carbonyl (C=O) groups is 1. The van der Waals surface area contributed by atoms with Crippen molar-refractivity contribution in [1.29, 1.82) is 0 Å². The van der Waals surface area contributed by atoms with Crippen LogP contribution in [-0.2, 0) is 10.2 Å². The number of hydrogen-bond acceptors (Lipinski definition) is 3. The van der Waals surface area contributed by atoms with Crippen molar-refractivity contribution in [3.63, 3.8) is 0 Å². The lowest BCUT2D eigenvalue weighted by atomic mass is 9.87. The van der Waals surface area contributed by atoms with E-state index in [2.05, 4.69) is 38.1 Å². The quantitative estimate of drug-likeness (QED) is 0.291. The summed E-state index contributed by atoms with van der Waals surface area (Å²) < 4.78 is 41.8. The van der Waals surface area contributed by atoms with Crippen molar-refractivity contribution < 1.29 is 18.0 Å². The Morgan fingerprint density at radius 3 is 2.11 bits per heavy atom. The highest BCUT2D eigenvalue weighted by atomic mass is 19.3. The van der Waals surface area contributed by atoms with Gasteiger partial charge >= 0.3 is 0 Å². The summed E-state index contributed by atoms with van der Waals surface area (Å²) in [6, 6.07) is 6.50. The number of amides is 1. The van der Waals surface area contributed by atoms with Crippen molar-refractivity contribution in [3.8, 4) is 0 Å². The highest BCUT2D eigenvalue weighted by Crippen LogP contribution is 2.33. The predicted octanol–water partition coefficient (Wildman–Crippen LogP) is 7.14. The molecule has 0 bridgehead atoms. The molecule has 0 heterocycles. The second kappa shape index (κ2) is 11.7. The minimum atomic E-state index is -2.70. The molecule has 0 spiro atoms. The summed E-state index contributed by atoms with van der Waals surface area (Å²) in [6.45, 7) is 17.7. The van der Waals surface area contributed by atoms with Crippen LogP contribution < -0.4 is 15.8 Å². The Balaban J connectivity index is 2.55. The molecule has 0 radical (unpaired) electrons. The number of allylic oxidation sites excluding steroid dienone is 3. The third-order valence-electron chi connectivity index (χ3n) is 6.17. The highest BCUT2D eigenvalue weighted by Gasteiger charge is 2.38. The number of halogens is 3. The Hall–Kier alpha value is -2.54. The third kappa shape index (κ3) is 8.54. The molecule has 1 saturated carbocycles. The summed E-state index contributed by atoms with van der Waals surface area (Å²) in [7, 11) is 0. The van der Waals surface area contributed by atoms with E-state index in [1.807, 2.05) is 45.0 Å². The van der Waals surface area contributed by atoms with Crippen molar-refractivity contribution in [2.45, 2.75) is 103 Å². The smallest absolute Gasteiger partial charge is 0.249 e. The van der Waals surface area contributed by atoms with Crippen LogP contribution in [0.3, 0.4) is 0 Å². The Morgan fingerprint density at radius 1 is 1.11 bits per heavy atom. The van der Waals surface area contributed by atoms with E-state index in [-0.39, 0.29) is 37.1 Å². The maximum Gasteiger partial charge on any atom is 0.249 e. The van der Waals surface area contributed by atoms with Crippen LogP contribution in [0.5, 0.6) is 0 Å². The molecule has 1 atom stereocenters. The molecule has 1 aliphatic rings. The molecule has 4 nitrogen and oxygen atoms in total. The van der Waals surface area contributed by atoms with Gasteiger partial charge in [-0.25, -0.2) is 18.6 Å². The van der Waals surface area contributed by atoms with Gasteiger partial charge in [-0.2, -0.15) is 0 Å². The van der Waals surface area contributed by atoms with Crippen LogP contribution in [-0.4, -0.2) is 29.5 Å². The molecule has 36 heavy (non-hydrogen) atoms. The number of carbonyl (C=O) groups excluding carboxylic acids is 1. The molecular formula is C29H42F3N3O. The van der Waals surface area contributed by atoms with Crippen molar-refractivity contribution in [2.24, 2.45) is 0 Å². The topological polar surface area (TPSA) is 44.4 Å². The molecule has 1 fully saturated rings. The largest absolute Gasteiger partial charge is 0.351 e. The molecule has 1 amide bonds. The minimum absolute atomic E-state index is 0.0537. The molecule has 2 N–H and O–H groups in total. The first-order valence-electron chi connectivity index (χ1n) is 12.6. The fourth-order valence-corrected chi connectivity index (χ4v) is 4.14. The summed E-state index contributed by atoms with van der Waals surface area (Å²) in [6.07, 6.45) is 3.90. The highest BCUT2D eigenvalue weighted by molar-refractivity contribution is 5.89. The summed E-state index contributed by atoms with van der Waals surface area (Å²) in [4.78, 5) is 13.8. The van der Waals surface area contributed by atoms with Crippen LogP contribution in [0.4, 0.5) is 18.9 Å². The fraction of sp³-hybridized carbons (Fsp3) is 0.552. The van der Waals surface area contributed by atoms with Gasteiger partial charge in [-0.15, -0.1) is 0 Å². The summed E-state index contributed by atoms with van der Waals surface area (Å²) in [5, 5.41) is 4.67. The Bertz CT molecular complexity index is 959. The van der Waals surface area contributed by atoms with Gasteiger partial charge in [-0.1, -0.05) is 51.6 Å². The van der Waals surface area contributed by atoms with Crippen LogP contribution in [0.15, 0.2) is 60.5 Å². The molecule has 1 aromatic carbocycles. The maximum atomic E-state index is 14.4. The second-order valence-corrected chi connectivity index (χ2v) is 11.6. The normalized spacial score (nSPS) is 18.5. The summed E-state index contributed by atoms with van der Waals surface area (Å²) in [5.74, 6) is -3.60. The fourth-order valence-electron chi connectivity index (χ4n) is 4.14. The first kappa shape index (κ1) is 29.7. The van der Waals surface area contributed by atoms with E-state index >= 15 is 0 Å². The minimum Gasteiger partial charge on any atom is -0.351 e. The molecule has 2 rings (SSSR count). The van der Waals surface area contributed by atoms with Gasteiger partial charge in [-0.05, 0) is 75.3 Å². The number of alkyl halides is 2. The van der Waals surface area contributed by atoms with Crippen LogP contribution in [0.2, 0.25) is 0 Å². The monoisotopic (exact) mass is 505 g/mol. The molecule has 1 aromatic rings. The van der Waals surface area contributed by atoms with Crippen molar-refractivity contribution in [2.75, 3.05) is 5.01 Å². The van der Waals surface area contributed by atoms with Crippen LogP contribution in [0.1, 0.15) is 79.7 Å². The van der Waals surface area contributed by atoms with Crippen molar-refractivity contribution in [1.82, 2.24) is 10.7 Å². The maximum absolute atomic E-state index is 14.4. The van der Waals surface area contributed by atoms with E-state index in [0.29, 0.717) is 11.3 Å². The number of anilines is 1. The van der Waals surface area contributed by atoms with E-state index in [1.165, 1.54) is 18.2 Å². The van der Waals surface area contributed by atoms with Crippen LogP contribution in [0.25, 0.3) is 0 Å². The molecule has 0 saturated heterocycles. The first-order chi connectivity index (χ1) is 16.6. The zero-order valence-electron chi connectivity index (χ0n) is 22.7. The van der Waals surface area contributed by atoms with Crippen LogP contribution in [0, 0.1) is 0 Å². The molecule has 7 heteroatoms. The van der Waals surface area contributed by atoms with Gasteiger partial charge in [-0.3, -0.25) is 9.80 Å². The standard InChI is InChI=1S/C29H42F3N3O/c1-9-20(19-22(30)10-2)25(26(36)33-23-15-17-29(31,32)18-16-23)35(34-28(6,7)8)24-13-11-21(12-14-24)27(3,4)5/h9-14,19,23,25,34H,1,15-18H2,2-8H3,(H,33,36)/b20-19+,22-10+. The van der Waals surface area contributed by atoms with E-state index < -0.39 is 29.2 Å². The number of nitrogens with zero attached hydrogens (tertiary/aromatic N) is 1. The van der Waals surface area contributed by atoms with Gasteiger partial charge in [0.2, 0.25) is 11.8 Å². The molecule has 0 aliphatic heterocycles. The van der Waals surface area contributed by atoms with Gasteiger partial charge in [0, 0.05) is 24.4 Å². The lowest BCUT2D eigenvalue weighted by Crippen LogP contribution is -2.60. The molecular weight excluding hydrogens is 463 g/mol. The number of nitrogens with one attached hydrogen (secondary N) is 2. The molecule has 0 aromatic heterocycles. The second-order valence-electron chi connectivity index (χ2n) is 11.6. The van der Waals surface area contributed by atoms with Gasteiger partial charge in [0.05, 0.1) is 5.69 Å². The summed E-state index contributed by atoms with van der Waals surface area (Å²) >= 11 is 0. The van der Waals surface area contributed by atoms with E-state index in [0.717, 1.165) is 5.56 Å². The number of rotatable bonds is 8. The average Bonchev–Trinajstić information content (AvgIpc) is 2.77. The molecule has 1 aliphatic carbocycles. The van der Waals surface area contributed by atoms with Crippen molar-refractivity contribution >= 4 is 11.6 Å². The Labute approximate surface area is 214 Å². The van der Waals surface area contributed by atoms with E-state index in [1.54, 1.807) is 11.9 Å². The number of hydrogen-bond donors (Lipinski definition) is 2. The van der Waals surface area contributed by atoms with E-state index in [9.17, 15) is 18.0 Å². The summed E-state index contributed by atoms with van der Waals surface area (Å²) in [5.41, 5.74) is 5.08. The predicted molar refractivity (Wildman–Crippen MR) is 143 cm³/mol. The first-order valence-corrected chi connectivity index (χ1v) is 12.6. The van der Waals surface area contributed by atoms with E-state index in [4.69, 9.17) is 0 Å². The van der Waals surface area contributed by atoms with Gasteiger partial charge in [0.15, 0.2) is 0 Å². The lowest BCUT2D eigenvalue weighted by molar-refractivity contribution is -0.123. The zero-order chi connectivity index (χ0) is 27.3. The SMILES string of the molecule is C=C/C(=C\C(F)=C/C)C(C(=O)NC1CCC(F)(F)CC1)N(NC(C)(C)C)c1ccc(C(C)(C)C)cc1.